The Labute approximate surface area is 201 Å². The van der Waals surface area contributed by atoms with Gasteiger partial charge in [-0.2, -0.15) is 11.8 Å². The number of aliphatic hydroxyl groups is 1. The van der Waals surface area contributed by atoms with Crippen LogP contribution in [0.1, 0.15) is 18.4 Å². The molecule has 13 heteroatoms. The van der Waals surface area contributed by atoms with Gasteiger partial charge in [-0.15, -0.1) is 0 Å². The molecule has 1 aromatic rings. The van der Waals surface area contributed by atoms with Crippen molar-refractivity contribution < 1.29 is 34.2 Å². The molecule has 0 bridgehead atoms. The second-order valence-electron chi connectivity index (χ2n) is 7.45. The van der Waals surface area contributed by atoms with Crippen molar-refractivity contribution in [3.8, 4) is 0 Å². The van der Waals surface area contributed by atoms with Crippen molar-refractivity contribution in [3.63, 3.8) is 0 Å². The summed E-state index contributed by atoms with van der Waals surface area (Å²) in [6.07, 6.45) is 1.64. The number of carbonyl (C=O) groups is 5. The molecule has 0 spiro atoms. The first-order valence-corrected chi connectivity index (χ1v) is 11.8. The number of nitrogens with two attached hydrogens (primary N) is 2. The van der Waals surface area contributed by atoms with Crippen molar-refractivity contribution in [2.45, 2.75) is 43.4 Å². The van der Waals surface area contributed by atoms with Gasteiger partial charge in [-0.3, -0.25) is 19.2 Å². The number of aliphatic hydroxyl groups excluding tert-OH is 1. The number of primary amides is 1. The van der Waals surface area contributed by atoms with Crippen molar-refractivity contribution in [2.24, 2.45) is 11.5 Å². The van der Waals surface area contributed by atoms with Gasteiger partial charge in [-0.1, -0.05) is 30.3 Å². The monoisotopic (exact) mass is 497 g/mol. The third kappa shape index (κ3) is 10.2. The molecule has 0 heterocycles. The van der Waals surface area contributed by atoms with Gasteiger partial charge in [0, 0.05) is 6.42 Å². The summed E-state index contributed by atoms with van der Waals surface area (Å²) in [6, 6.07) is 3.63. The molecule has 0 saturated carbocycles. The summed E-state index contributed by atoms with van der Waals surface area (Å²) in [4.78, 5) is 60.4. The largest absolute Gasteiger partial charge is 0.480 e. The Hall–Kier alpha value is -3.16. The molecule has 0 radical (unpaired) electrons. The fourth-order valence-corrected chi connectivity index (χ4v) is 3.35. The molecule has 0 aliphatic carbocycles. The van der Waals surface area contributed by atoms with Gasteiger partial charge < -0.3 is 37.6 Å². The van der Waals surface area contributed by atoms with E-state index < -0.39 is 66.8 Å². The summed E-state index contributed by atoms with van der Waals surface area (Å²) in [7, 11) is 0. The van der Waals surface area contributed by atoms with E-state index in [1.165, 1.54) is 11.8 Å². The minimum Gasteiger partial charge on any atom is -0.480 e. The van der Waals surface area contributed by atoms with Crippen molar-refractivity contribution in [1.82, 2.24) is 16.0 Å². The summed E-state index contributed by atoms with van der Waals surface area (Å²) in [5.74, 6) is -3.99. The van der Waals surface area contributed by atoms with Crippen LogP contribution in [0, 0.1) is 0 Å². The summed E-state index contributed by atoms with van der Waals surface area (Å²) >= 11 is 1.43. The van der Waals surface area contributed by atoms with Crippen LogP contribution in [-0.4, -0.2) is 82.6 Å². The summed E-state index contributed by atoms with van der Waals surface area (Å²) in [5.41, 5.74) is 11.4. The summed E-state index contributed by atoms with van der Waals surface area (Å²) < 4.78 is 0. The molecule has 4 amide bonds. The van der Waals surface area contributed by atoms with E-state index in [1.807, 2.05) is 6.26 Å². The number of benzene rings is 1. The molecule has 0 saturated heterocycles. The highest BCUT2D eigenvalue weighted by Crippen LogP contribution is 2.07. The molecule has 1 rings (SSSR count). The Kier molecular flexibility index (Phi) is 12.6. The van der Waals surface area contributed by atoms with Gasteiger partial charge in [-0.05, 0) is 24.0 Å². The van der Waals surface area contributed by atoms with Crippen LogP contribution < -0.4 is 27.4 Å². The van der Waals surface area contributed by atoms with Crippen LogP contribution in [0.3, 0.4) is 0 Å². The van der Waals surface area contributed by atoms with E-state index in [1.54, 1.807) is 30.3 Å². The van der Waals surface area contributed by atoms with E-state index in [-0.39, 0.29) is 12.8 Å². The van der Waals surface area contributed by atoms with Crippen LogP contribution in [-0.2, 0) is 30.4 Å². The van der Waals surface area contributed by atoms with E-state index in [0.29, 0.717) is 11.3 Å². The lowest BCUT2D eigenvalue weighted by molar-refractivity contribution is -0.143. The maximum atomic E-state index is 13.0. The third-order valence-electron chi connectivity index (χ3n) is 4.71. The fraction of sp³-hybridized carbons (Fsp3) is 0.476. The van der Waals surface area contributed by atoms with Gasteiger partial charge in [0.25, 0.3) is 0 Å². The van der Waals surface area contributed by atoms with Gasteiger partial charge in [0.1, 0.15) is 18.1 Å². The van der Waals surface area contributed by atoms with Crippen LogP contribution in [0.25, 0.3) is 0 Å². The lowest BCUT2D eigenvalue weighted by Gasteiger charge is -2.25. The zero-order chi connectivity index (χ0) is 25.7. The van der Waals surface area contributed by atoms with Crippen molar-refractivity contribution in [2.75, 3.05) is 18.6 Å². The number of nitrogens with one attached hydrogen (secondary N) is 3. The Morgan fingerprint density at radius 3 is 2.03 bits per heavy atom. The first kappa shape index (κ1) is 28.9. The molecule has 0 aromatic heterocycles. The molecule has 0 fully saturated rings. The molecule has 0 aliphatic heterocycles. The molecule has 9 N–H and O–H groups in total. The smallest absolute Gasteiger partial charge is 0.328 e. The number of aliphatic carboxylic acids is 1. The molecule has 1 aromatic carbocycles. The van der Waals surface area contributed by atoms with Gasteiger partial charge >= 0.3 is 5.97 Å². The number of carboxylic acid groups (broad SMARTS) is 1. The summed E-state index contributed by atoms with van der Waals surface area (Å²) in [6.45, 7) is -0.836. The van der Waals surface area contributed by atoms with E-state index in [4.69, 9.17) is 16.6 Å². The lowest BCUT2D eigenvalue weighted by atomic mass is 10.0. The lowest BCUT2D eigenvalue weighted by Crippen LogP contribution is -2.58. The molecular formula is C21H31N5O7S. The van der Waals surface area contributed by atoms with E-state index in [2.05, 4.69) is 16.0 Å². The standard InChI is InChI=1S/C21H31N5O7S/c1-34-8-7-14(24-18(29)13(22)10-17(23)28)19(30)25-15(9-12-5-3-2-4-6-12)20(31)26-16(11-27)21(32)33/h2-6,13-16,27H,7-11,22H2,1H3,(H2,23,28)(H,24,29)(H,25,30)(H,26,31)(H,32,33). The Morgan fingerprint density at radius 2 is 1.50 bits per heavy atom. The highest BCUT2D eigenvalue weighted by atomic mass is 32.2. The number of hydrogen-bond acceptors (Lipinski definition) is 8. The number of hydrogen-bond donors (Lipinski definition) is 7. The number of thioether (sulfide) groups is 1. The van der Waals surface area contributed by atoms with E-state index in [0.717, 1.165) is 0 Å². The predicted molar refractivity (Wildman–Crippen MR) is 125 cm³/mol. The van der Waals surface area contributed by atoms with Crippen LogP contribution in [0.2, 0.25) is 0 Å². The third-order valence-corrected chi connectivity index (χ3v) is 5.36. The Bertz CT molecular complexity index is 855. The zero-order valence-electron chi connectivity index (χ0n) is 18.7. The maximum Gasteiger partial charge on any atom is 0.328 e. The van der Waals surface area contributed by atoms with E-state index >= 15 is 0 Å². The van der Waals surface area contributed by atoms with Crippen LogP contribution in [0.4, 0.5) is 0 Å². The van der Waals surface area contributed by atoms with Crippen LogP contribution in [0.5, 0.6) is 0 Å². The first-order valence-electron chi connectivity index (χ1n) is 10.4. The second kappa shape index (κ2) is 14.9. The highest BCUT2D eigenvalue weighted by molar-refractivity contribution is 7.98. The van der Waals surface area contributed by atoms with Gasteiger partial charge in [0.15, 0.2) is 0 Å². The fourth-order valence-electron chi connectivity index (χ4n) is 2.88. The van der Waals surface area contributed by atoms with Crippen molar-refractivity contribution >= 4 is 41.4 Å². The topological polar surface area (TPSA) is 214 Å². The minimum atomic E-state index is -1.55. The van der Waals surface area contributed by atoms with Crippen LogP contribution in [0.15, 0.2) is 30.3 Å². The maximum absolute atomic E-state index is 13.0. The average Bonchev–Trinajstić information content (AvgIpc) is 2.79. The van der Waals surface area contributed by atoms with E-state index in [9.17, 15) is 29.1 Å². The zero-order valence-corrected chi connectivity index (χ0v) is 19.5. The Balaban J connectivity index is 3.05. The van der Waals surface area contributed by atoms with Crippen LogP contribution >= 0.6 is 11.8 Å². The minimum absolute atomic E-state index is 0.0283. The van der Waals surface area contributed by atoms with Crippen molar-refractivity contribution in [1.29, 1.82) is 0 Å². The number of carbonyl (C=O) groups excluding carboxylic acids is 4. The SMILES string of the molecule is CSCCC(NC(=O)C(N)CC(N)=O)C(=O)NC(Cc1ccccc1)C(=O)NC(CO)C(=O)O. The normalized spacial score (nSPS) is 14.2. The Morgan fingerprint density at radius 1 is 0.941 bits per heavy atom. The molecule has 34 heavy (non-hydrogen) atoms. The second-order valence-corrected chi connectivity index (χ2v) is 8.44. The van der Waals surface area contributed by atoms with Gasteiger partial charge in [0.05, 0.1) is 19.1 Å². The highest BCUT2D eigenvalue weighted by Gasteiger charge is 2.30. The number of amides is 4. The molecule has 4 atom stereocenters. The number of carboxylic acids is 1. The van der Waals surface area contributed by atoms with Crippen molar-refractivity contribution in [3.05, 3.63) is 35.9 Å². The molecule has 188 valence electrons. The number of rotatable bonds is 15. The quantitative estimate of drug-likeness (QED) is 0.139. The predicted octanol–water partition coefficient (Wildman–Crippen LogP) is -2.28. The summed E-state index contributed by atoms with van der Waals surface area (Å²) in [5, 5.41) is 25.5. The first-order chi connectivity index (χ1) is 16.1. The van der Waals surface area contributed by atoms with Gasteiger partial charge in [-0.25, -0.2) is 4.79 Å². The molecular weight excluding hydrogens is 466 g/mol. The average molecular weight is 498 g/mol. The molecule has 4 unspecified atom stereocenters. The molecule has 12 nitrogen and oxygen atoms in total. The molecule has 0 aliphatic rings. The van der Waals surface area contributed by atoms with Gasteiger partial charge in [0.2, 0.25) is 23.6 Å².